The van der Waals surface area contributed by atoms with Gasteiger partial charge >= 0.3 is 0 Å². The molecule has 1 aromatic rings. The van der Waals surface area contributed by atoms with Gasteiger partial charge in [0.15, 0.2) is 0 Å². The van der Waals surface area contributed by atoms with Crippen LogP contribution in [0.1, 0.15) is 44.1 Å². The second kappa shape index (κ2) is 6.32. The van der Waals surface area contributed by atoms with Gasteiger partial charge in [0.25, 0.3) is 0 Å². The number of piperidine rings is 1. The molecule has 140 valence electrons. The van der Waals surface area contributed by atoms with Gasteiger partial charge in [0.1, 0.15) is 0 Å². The number of halogens is 1. The maximum atomic E-state index is 13.2. The Morgan fingerprint density at radius 1 is 1.00 bits per heavy atom. The molecular formula is C18H21ClN2O4S. The van der Waals surface area contributed by atoms with Gasteiger partial charge < -0.3 is 0 Å². The zero-order valence-corrected chi connectivity index (χ0v) is 16.1. The van der Waals surface area contributed by atoms with E-state index in [-0.39, 0.29) is 47.7 Å². The smallest absolute Gasteiger partial charge is 0.243 e. The molecule has 0 aliphatic carbocycles. The fourth-order valence-electron chi connectivity index (χ4n) is 4.57. The minimum atomic E-state index is -3.65. The number of carbonyl (C=O) groups is 2. The molecule has 0 aromatic heterocycles. The molecule has 3 heterocycles. The number of nitrogens with zero attached hydrogens (tertiary/aromatic N) is 2. The van der Waals surface area contributed by atoms with E-state index >= 15 is 0 Å². The second-order valence-corrected chi connectivity index (χ2v) is 9.66. The number of sulfonamides is 1. The molecule has 2 bridgehead atoms. The Morgan fingerprint density at radius 3 is 2.12 bits per heavy atom. The van der Waals surface area contributed by atoms with Gasteiger partial charge in [-0.25, -0.2) is 8.42 Å². The number of amides is 2. The molecule has 2 unspecified atom stereocenters. The summed E-state index contributed by atoms with van der Waals surface area (Å²) in [5, 5.41) is 0.432. The van der Waals surface area contributed by atoms with Gasteiger partial charge in [-0.2, -0.15) is 4.31 Å². The molecule has 0 spiro atoms. The molecule has 2 atom stereocenters. The zero-order chi connectivity index (χ0) is 18.6. The lowest BCUT2D eigenvalue weighted by Gasteiger charge is -2.40. The van der Waals surface area contributed by atoms with Crippen molar-refractivity contribution in [3.05, 3.63) is 28.8 Å². The van der Waals surface area contributed by atoms with Crippen LogP contribution in [-0.4, -0.2) is 47.6 Å². The summed E-state index contributed by atoms with van der Waals surface area (Å²) in [6.45, 7) is 1.83. The molecule has 8 heteroatoms. The van der Waals surface area contributed by atoms with Crippen molar-refractivity contribution in [2.75, 3.05) is 0 Å². The van der Waals surface area contributed by atoms with Crippen LogP contribution in [0.2, 0.25) is 5.02 Å². The predicted octanol–water partition coefficient (Wildman–Crippen LogP) is 2.48. The third-order valence-electron chi connectivity index (χ3n) is 5.82. The van der Waals surface area contributed by atoms with Crippen molar-refractivity contribution < 1.29 is 18.0 Å². The summed E-state index contributed by atoms with van der Waals surface area (Å²) in [5.41, 5.74) is 0.832. The monoisotopic (exact) mass is 396 g/mol. The molecule has 1 aromatic carbocycles. The first-order valence-corrected chi connectivity index (χ1v) is 10.8. The molecular weight excluding hydrogens is 376 g/mol. The van der Waals surface area contributed by atoms with E-state index in [2.05, 4.69) is 0 Å². The van der Waals surface area contributed by atoms with Crippen molar-refractivity contribution in [1.82, 2.24) is 9.21 Å². The van der Waals surface area contributed by atoms with E-state index < -0.39 is 10.0 Å². The zero-order valence-electron chi connectivity index (χ0n) is 14.5. The largest absolute Gasteiger partial charge is 0.279 e. The van der Waals surface area contributed by atoms with E-state index in [9.17, 15) is 18.0 Å². The van der Waals surface area contributed by atoms with Crippen molar-refractivity contribution in [1.29, 1.82) is 0 Å². The predicted molar refractivity (Wildman–Crippen MR) is 96.1 cm³/mol. The summed E-state index contributed by atoms with van der Waals surface area (Å²) in [6, 6.07) is 4.28. The third kappa shape index (κ3) is 2.77. The molecule has 3 aliphatic heterocycles. The lowest BCUT2D eigenvalue weighted by Crippen LogP contribution is -2.53. The average molecular weight is 397 g/mol. The number of likely N-dealkylation sites (tertiary alicyclic amines) is 1. The second-order valence-electron chi connectivity index (χ2n) is 7.41. The van der Waals surface area contributed by atoms with Crippen LogP contribution in [0, 0.1) is 6.92 Å². The van der Waals surface area contributed by atoms with E-state index in [1.54, 1.807) is 16.4 Å². The minimum Gasteiger partial charge on any atom is -0.279 e. The first kappa shape index (κ1) is 17.9. The Balaban J connectivity index is 1.61. The number of benzene rings is 1. The van der Waals surface area contributed by atoms with Crippen LogP contribution in [0.3, 0.4) is 0 Å². The molecule has 3 saturated heterocycles. The number of rotatable bonds is 3. The quantitative estimate of drug-likeness (QED) is 0.735. The maximum Gasteiger partial charge on any atom is 0.243 e. The van der Waals surface area contributed by atoms with Crippen LogP contribution in [0.15, 0.2) is 23.1 Å². The molecule has 26 heavy (non-hydrogen) atoms. The lowest BCUT2D eigenvalue weighted by atomic mass is 9.98. The molecule has 4 rings (SSSR count). The Hall–Kier alpha value is -1.44. The van der Waals surface area contributed by atoms with Crippen LogP contribution in [-0.2, 0) is 19.6 Å². The lowest BCUT2D eigenvalue weighted by molar-refractivity contribution is -0.142. The van der Waals surface area contributed by atoms with Crippen LogP contribution in [0.25, 0.3) is 0 Å². The highest BCUT2D eigenvalue weighted by atomic mass is 35.5. The van der Waals surface area contributed by atoms with E-state index in [0.717, 1.165) is 18.4 Å². The van der Waals surface area contributed by atoms with Crippen molar-refractivity contribution in [3.8, 4) is 0 Å². The van der Waals surface area contributed by atoms with Gasteiger partial charge in [-0.3, -0.25) is 14.5 Å². The standard InChI is InChI=1S/C18H21ClN2O4S/c1-11-2-5-15(10-16(11)19)26(24,25)21-12-3-4-13(21)9-14(8-12)20-17(22)6-7-18(20)23/h2,5,10,12-14H,3-4,6-9H2,1H3. The molecule has 0 radical (unpaired) electrons. The summed E-state index contributed by atoms with van der Waals surface area (Å²) in [4.78, 5) is 25.7. The highest BCUT2D eigenvalue weighted by Crippen LogP contribution is 2.42. The first-order chi connectivity index (χ1) is 12.3. The number of carbonyl (C=O) groups excluding carboxylic acids is 2. The van der Waals surface area contributed by atoms with Crippen molar-refractivity contribution >= 4 is 33.4 Å². The van der Waals surface area contributed by atoms with Crippen LogP contribution in [0.5, 0.6) is 0 Å². The number of fused-ring (bicyclic) bond motifs is 2. The van der Waals surface area contributed by atoms with Gasteiger partial charge in [-0.1, -0.05) is 17.7 Å². The fraction of sp³-hybridized carbons (Fsp3) is 0.556. The SMILES string of the molecule is Cc1ccc(S(=O)(=O)N2C3CCC2CC(N2C(=O)CCC2=O)C3)cc1Cl. The number of imide groups is 1. The average Bonchev–Trinajstić information content (AvgIpc) is 3.07. The summed E-state index contributed by atoms with van der Waals surface area (Å²) in [6.07, 6.45) is 3.11. The molecule has 3 fully saturated rings. The Morgan fingerprint density at radius 2 is 1.58 bits per heavy atom. The van der Waals surface area contributed by atoms with E-state index in [4.69, 9.17) is 11.6 Å². The summed E-state index contributed by atoms with van der Waals surface area (Å²) in [7, 11) is -3.65. The minimum absolute atomic E-state index is 0.124. The van der Waals surface area contributed by atoms with Gasteiger partial charge in [-0.05, 0) is 50.3 Å². The maximum absolute atomic E-state index is 13.2. The number of aryl methyl sites for hydroxylation is 1. The highest BCUT2D eigenvalue weighted by molar-refractivity contribution is 7.89. The van der Waals surface area contributed by atoms with E-state index in [0.29, 0.717) is 17.9 Å². The Kier molecular flexibility index (Phi) is 4.36. The molecule has 2 amide bonds. The van der Waals surface area contributed by atoms with Crippen molar-refractivity contribution in [2.45, 2.75) is 68.5 Å². The van der Waals surface area contributed by atoms with Crippen LogP contribution >= 0.6 is 11.6 Å². The van der Waals surface area contributed by atoms with Crippen LogP contribution < -0.4 is 0 Å². The molecule has 6 nitrogen and oxygen atoms in total. The van der Waals surface area contributed by atoms with E-state index in [1.165, 1.54) is 11.0 Å². The van der Waals surface area contributed by atoms with Crippen molar-refractivity contribution in [3.63, 3.8) is 0 Å². The van der Waals surface area contributed by atoms with E-state index in [1.807, 2.05) is 6.92 Å². The summed E-state index contributed by atoms with van der Waals surface area (Å²) < 4.78 is 28.0. The Bertz CT molecular complexity index is 855. The van der Waals surface area contributed by atoms with Gasteiger partial charge in [0, 0.05) is 36.0 Å². The highest BCUT2D eigenvalue weighted by Gasteiger charge is 2.50. The molecule has 0 saturated carbocycles. The number of hydrogen-bond acceptors (Lipinski definition) is 4. The van der Waals surface area contributed by atoms with Gasteiger partial charge in [0.05, 0.1) is 4.90 Å². The summed E-state index contributed by atoms with van der Waals surface area (Å²) >= 11 is 6.12. The van der Waals surface area contributed by atoms with Gasteiger partial charge in [-0.15, -0.1) is 0 Å². The molecule has 0 N–H and O–H groups in total. The normalized spacial score (nSPS) is 29.6. The Labute approximate surface area is 158 Å². The third-order valence-corrected chi connectivity index (χ3v) is 8.22. The summed E-state index contributed by atoms with van der Waals surface area (Å²) in [5.74, 6) is -0.248. The fourth-order valence-corrected chi connectivity index (χ4v) is 6.73. The van der Waals surface area contributed by atoms with Crippen LogP contribution in [0.4, 0.5) is 0 Å². The topological polar surface area (TPSA) is 74.8 Å². The van der Waals surface area contributed by atoms with Crippen molar-refractivity contribution in [2.24, 2.45) is 0 Å². The first-order valence-electron chi connectivity index (χ1n) is 8.93. The number of hydrogen-bond donors (Lipinski definition) is 0. The molecule has 3 aliphatic rings. The van der Waals surface area contributed by atoms with Gasteiger partial charge in [0.2, 0.25) is 21.8 Å².